The summed E-state index contributed by atoms with van der Waals surface area (Å²) in [7, 11) is -3.28. The molecule has 1 aliphatic rings. The fraction of sp³-hybridized carbons (Fsp3) is 0.692. The van der Waals surface area contributed by atoms with Crippen molar-refractivity contribution in [1.82, 2.24) is 9.78 Å². The summed E-state index contributed by atoms with van der Waals surface area (Å²) in [6.07, 6.45) is -8.09. The molecule has 26 heavy (non-hydrogen) atoms. The van der Waals surface area contributed by atoms with Gasteiger partial charge in [0.25, 0.3) is 6.43 Å². The summed E-state index contributed by atoms with van der Waals surface area (Å²) in [5.74, 6) is -1.85. The minimum Gasteiger partial charge on any atom is -0.472 e. The van der Waals surface area contributed by atoms with Crippen molar-refractivity contribution in [2.75, 3.05) is 6.61 Å². The average Bonchev–Trinajstić information content (AvgIpc) is 2.97. The number of oxime groups is 1. The number of sulfone groups is 1. The lowest BCUT2D eigenvalue weighted by Crippen LogP contribution is -2.24. The molecule has 0 fully saturated rings. The number of alkyl halides is 5. The van der Waals surface area contributed by atoms with E-state index in [-0.39, 0.29) is 6.42 Å². The van der Waals surface area contributed by atoms with Crippen molar-refractivity contribution < 1.29 is 39.9 Å². The van der Waals surface area contributed by atoms with Crippen molar-refractivity contribution >= 4 is 14.9 Å². The topological polar surface area (TPSA) is 82.8 Å². The maximum Gasteiger partial charge on any atom is 0.435 e. The molecule has 0 saturated heterocycles. The Morgan fingerprint density at radius 2 is 1.96 bits per heavy atom. The molecule has 13 heteroatoms. The quantitative estimate of drug-likeness (QED) is 0.703. The molecule has 0 N–H and O–H groups in total. The molecule has 0 saturated carbocycles. The van der Waals surface area contributed by atoms with Crippen molar-refractivity contribution in [3.8, 4) is 5.88 Å². The van der Waals surface area contributed by atoms with Gasteiger partial charge in [0.2, 0.25) is 5.88 Å². The Morgan fingerprint density at radius 1 is 1.35 bits per heavy atom. The van der Waals surface area contributed by atoms with Gasteiger partial charge in [-0.15, -0.1) is 0 Å². The summed E-state index contributed by atoms with van der Waals surface area (Å²) >= 11 is 0. The smallest absolute Gasteiger partial charge is 0.435 e. The van der Waals surface area contributed by atoms with E-state index in [4.69, 9.17) is 4.84 Å². The van der Waals surface area contributed by atoms with Gasteiger partial charge in [-0.1, -0.05) is 5.16 Å². The highest BCUT2D eigenvalue weighted by atomic mass is 32.2. The van der Waals surface area contributed by atoms with Crippen LogP contribution in [-0.4, -0.2) is 41.9 Å². The molecular formula is C13H16F5N3O4S. The Labute approximate surface area is 145 Å². The maximum atomic E-state index is 13.2. The number of halogens is 5. The van der Waals surface area contributed by atoms with Crippen LogP contribution in [0.2, 0.25) is 0 Å². The molecule has 2 heterocycles. The standard InChI is InChI=1S/C13H16F5N3O4S/c1-12(2)4-9(20-25-12)26(22,23)6-7-10(13(16,17)18)19-21(3)11(7)24-5-8(14)15/h8H,4-6H2,1-3H3. The van der Waals surface area contributed by atoms with Crippen LogP contribution in [0.1, 0.15) is 31.5 Å². The third-order valence-corrected chi connectivity index (χ3v) is 4.97. The summed E-state index contributed by atoms with van der Waals surface area (Å²) in [5, 5.41) is 6.17. The van der Waals surface area contributed by atoms with Crippen molar-refractivity contribution in [2.45, 2.75) is 44.2 Å². The largest absolute Gasteiger partial charge is 0.472 e. The van der Waals surface area contributed by atoms with Gasteiger partial charge < -0.3 is 9.57 Å². The van der Waals surface area contributed by atoms with Gasteiger partial charge in [0.05, 0.1) is 11.3 Å². The van der Waals surface area contributed by atoms with Crippen LogP contribution in [0.4, 0.5) is 22.0 Å². The molecule has 0 radical (unpaired) electrons. The molecule has 0 bridgehead atoms. The zero-order valence-corrected chi connectivity index (χ0v) is 14.8. The van der Waals surface area contributed by atoms with Crippen LogP contribution in [0.5, 0.6) is 5.88 Å². The minimum atomic E-state index is -5.00. The molecule has 1 aromatic heterocycles. The number of ether oxygens (including phenoxy) is 1. The molecule has 0 unspecified atom stereocenters. The van der Waals surface area contributed by atoms with E-state index in [1.807, 2.05) is 0 Å². The number of aromatic nitrogens is 2. The van der Waals surface area contributed by atoms with E-state index >= 15 is 0 Å². The lowest BCUT2D eigenvalue weighted by Gasteiger charge is -2.13. The van der Waals surface area contributed by atoms with Gasteiger partial charge in [-0.3, -0.25) is 0 Å². The van der Waals surface area contributed by atoms with Crippen LogP contribution >= 0.6 is 0 Å². The predicted molar refractivity (Wildman–Crippen MR) is 79.5 cm³/mol. The Morgan fingerprint density at radius 3 is 2.42 bits per heavy atom. The highest BCUT2D eigenvalue weighted by Gasteiger charge is 2.43. The van der Waals surface area contributed by atoms with Crippen LogP contribution in [0.15, 0.2) is 5.16 Å². The van der Waals surface area contributed by atoms with E-state index in [1.165, 1.54) is 0 Å². The van der Waals surface area contributed by atoms with Crippen molar-refractivity contribution in [3.05, 3.63) is 11.3 Å². The fourth-order valence-corrected chi connectivity index (χ4v) is 3.80. The molecule has 0 aromatic carbocycles. The van der Waals surface area contributed by atoms with Gasteiger partial charge in [0.1, 0.15) is 5.60 Å². The minimum absolute atomic E-state index is 0.135. The van der Waals surface area contributed by atoms with E-state index in [2.05, 4.69) is 15.0 Å². The number of hydrogen-bond donors (Lipinski definition) is 0. The highest BCUT2D eigenvalue weighted by Crippen LogP contribution is 2.37. The third-order valence-electron chi connectivity index (χ3n) is 3.37. The van der Waals surface area contributed by atoms with Gasteiger partial charge in [0.15, 0.2) is 27.2 Å². The Bertz CT molecular complexity index is 814. The van der Waals surface area contributed by atoms with Crippen molar-refractivity contribution in [1.29, 1.82) is 0 Å². The summed E-state index contributed by atoms with van der Waals surface area (Å²) < 4.78 is 94.4. The molecule has 1 aromatic rings. The second kappa shape index (κ2) is 6.67. The van der Waals surface area contributed by atoms with Crippen molar-refractivity contribution in [2.24, 2.45) is 12.2 Å². The summed E-state index contributed by atoms with van der Waals surface area (Å²) in [4.78, 5) is 4.92. The third kappa shape index (κ3) is 4.43. The molecule has 0 aliphatic carbocycles. The predicted octanol–water partition coefficient (Wildman–Crippen LogP) is 2.51. The zero-order chi connectivity index (χ0) is 19.9. The van der Waals surface area contributed by atoms with Crippen LogP contribution in [0, 0.1) is 0 Å². The molecule has 0 atom stereocenters. The summed E-state index contributed by atoms with van der Waals surface area (Å²) in [6, 6.07) is 0. The van der Waals surface area contributed by atoms with Crippen LogP contribution < -0.4 is 4.74 Å². The lowest BCUT2D eigenvalue weighted by molar-refractivity contribution is -0.141. The fourth-order valence-electron chi connectivity index (χ4n) is 2.28. The molecule has 7 nitrogen and oxygen atoms in total. The van der Waals surface area contributed by atoms with Gasteiger partial charge in [-0.25, -0.2) is 21.9 Å². The maximum absolute atomic E-state index is 13.2. The monoisotopic (exact) mass is 405 g/mol. The van der Waals surface area contributed by atoms with E-state index in [1.54, 1.807) is 13.8 Å². The van der Waals surface area contributed by atoms with Crippen LogP contribution in [-0.2, 0) is 33.7 Å². The SMILES string of the molecule is Cn1nc(C(F)(F)F)c(CS(=O)(=O)C2=NOC(C)(C)C2)c1OCC(F)F. The first kappa shape index (κ1) is 20.4. The molecule has 0 spiro atoms. The zero-order valence-electron chi connectivity index (χ0n) is 14.0. The second-order valence-corrected chi connectivity index (χ2v) is 8.22. The summed E-state index contributed by atoms with van der Waals surface area (Å²) in [5.41, 5.74) is -3.29. The van der Waals surface area contributed by atoms with Crippen molar-refractivity contribution in [3.63, 3.8) is 0 Å². The van der Waals surface area contributed by atoms with E-state index in [0.717, 1.165) is 7.05 Å². The van der Waals surface area contributed by atoms with Gasteiger partial charge in [0, 0.05) is 13.5 Å². The highest BCUT2D eigenvalue weighted by molar-refractivity contribution is 8.05. The lowest BCUT2D eigenvalue weighted by atomic mass is 10.1. The number of rotatable bonds is 5. The van der Waals surface area contributed by atoms with Crippen LogP contribution in [0.25, 0.3) is 0 Å². The summed E-state index contributed by atoms with van der Waals surface area (Å²) in [6.45, 7) is 1.91. The van der Waals surface area contributed by atoms with E-state index in [0.29, 0.717) is 4.68 Å². The number of hydrogen-bond acceptors (Lipinski definition) is 6. The van der Waals surface area contributed by atoms with Gasteiger partial charge in [-0.2, -0.15) is 18.3 Å². The molecule has 2 rings (SSSR count). The molecule has 0 amide bonds. The second-order valence-electron chi connectivity index (χ2n) is 6.23. The first-order valence-corrected chi connectivity index (χ1v) is 8.90. The number of aryl methyl sites for hydroxylation is 1. The average molecular weight is 405 g/mol. The first-order chi connectivity index (χ1) is 11.7. The Kier molecular flexibility index (Phi) is 5.23. The first-order valence-electron chi connectivity index (χ1n) is 7.25. The Hall–Kier alpha value is -1.92. The van der Waals surface area contributed by atoms with E-state index < -0.39 is 62.6 Å². The molecule has 1 aliphatic heterocycles. The molecular weight excluding hydrogens is 389 g/mol. The van der Waals surface area contributed by atoms with Crippen LogP contribution in [0.3, 0.4) is 0 Å². The van der Waals surface area contributed by atoms with E-state index in [9.17, 15) is 30.4 Å². The number of nitrogens with zero attached hydrogens (tertiary/aromatic N) is 3. The Balaban J connectivity index is 2.43. The van der Waals surface area contributed by atoms with Gasteiger partial charge in [-0.05, 0) is 13.8 Å². The van der Waals surface area contributed by atoms with Gasteiger partial charge >= 0.3 is 6.18 Å². The molecule has 148 valence electrons. The normalized spacial score (nSPS) is 17.3.